The van der Waals surface area contributed by atoms with Crippen LogP contribution in [-0.2, 0) is 4.74 Å². The largest absolute Gasteiger partial charge is 0.444 e. The van der Waals surface area contributed by atoms with E-state index in [1.165, 1.54) is 0 Å². The second-order valence-corrected chi connectivity index (χ2v) is 5.59. The van der Waals surface area contributed by atoms with Gasteiger partial charge in [-0.25, -0.2) is 9.78 Å². The molecule has 1 rings (SSSR count). The highest BCUT2D eigenvalue weighted by atomic mass is 79.9. The lowest BCUT2D eigenvalue weighted by atomic mass is 10.1. The van der Waals surface area contributed by atoms with E-state index in [0.29, 0.717) is 0 Å². The lowest BCUT2D eigenvalue weighted by molar-refractivity contribution is 0.0508. The summed E-state index contributed by atoms with van der Waals surface area (Å²) in [4.78, 5) is 15.7. The number of ether oxygens (including phenoxy) is 1. The van der Waals surface area contributed by atoms with Crippen molar-refractivity contribution in [1.82, 2.24) is 10.3 Å². The minimum absolute atomic E-state index is 0.134. The number of pyridine rings is 1. The van der Waals surface area contributed by atoms with Crippen LogP contribution in [0.1, 0.15) is 39.3 Å². The molecule has 0 spiro atoms. The zero-order valence-corrected chi connectivity index (χ0v) is 12.0. The predicted molar refractivity (Wildman–Crippen MR) is 69.7 cm³/mol. The van der Waals surface area contributed by atoms with Crippen molar-refractivity contribution in [3.8, 4) is 0 Å². The summed E-state index contributed by atoms with van der Waals surface area (Å²) in [5.74, 6) is 0. The maximum atomic E-state index is 11.5. The molecular weight excluding hydrogens is 284 g/mol. The van der Waals surface area contributed by atoms with Crippen LogP contribution < -0.4 is 5.32 Å². The third-order valence-corrected chi connectivity index (χ3v) is 2.45. The highest BCUT2D eigenvalue weighted by Gasteiger charge is 2.18. The molecule has 1 atom stereocenters. The number of hydrogen-bond donors (Lipinski definition) is 1. The molecule has 0 unspecified atom stereocenters. The van der Waals surface area contributed by atoms with E-state index in [4.69, 9.17) is 4.74 Å². The number of carbonyl (C=O) groups is 1. The van der Waals surface area contributed by atoms with Crippen molar-refractivity contribution in [3.63, 3.8) is 0 Å². The minimum atomic E-state index is -0.484. The standard InChI is InChI=1S/C12H17BrN2O2/c1-8(9-5-6-10(13)14-7-9)15-11(16)17-12(2,3)4/h5-8H,1-4H3,(H,15,16)/t8-/m0/s1. The molecule has 0 saturated carbocycles. The summed E-state index contributed by atoms with van der Waals surface area (Å²) in [6.07, 6.45) is 1.29. The maximum absolute atomic E-state index is 11.5. The van der Waals surface area contributed by atoms with Crippen molar-refractivity contribution in [1.29, 1.82) is 0 Å². The molecule has 0 saturated heterocycles. The topological polar surface area (TPSA) is 51.2 Å². The Bertz CT molecular complexity index is 384. The fourth-order valence-electron chi connectivity index (χ4n) is 1.21. The van der Waals surface area contributed by atoms with Crippen LogP contribution in [0.2, 0.25) is 0 Å². The number of hydrogen-bond acceptors (Lipinski definition) is 3. The van der Waals surface area contributed by atoms with Gasteiger partial charge in [-0.15, -0.1) is 0 Å². The number of nitrogens with zero attached hydrogens (tertiary/aromatic N) is 1. The second kappa shape index (κ2) is 5.49. The van der Waals surface area contributed by atoms with Gasteiger partial charge in [0.1, 0.15) is 10.2 Å². The quantitative estimate of drug-likeness (QED) is 0.851. The molecule has 1 aromatic heterocycles. The molecule has 94 valence electrons. The molecule has 0 bridgehead atoms. The molecule has 0 radical (unpaired) electrons. The first-order valence-corrected chi connectivity index (χ1v) is 6.18. The van der Waals surface area contributed by atoms with Crippen molar-refractivity contribution in [2.24, 2.45) is 0 Å². The van der Waals surface area contributed by atoms with Gasteiger partial charge in [0.15, 0.2) is 0 Å². The smallest absolute Gasteiger partial charge is 0.408 e. The highest BCUT2D eigenvalue weighted by molar-refractivity contribution is 9.10. The summed E-state index contributed by atoms with van der Waals surface area (Å²) in [5, 5.41) is 2.76. The van der Waals surface area contributed by atoms with Gasteiger partial charge in [-0.2, -0.15) is 0 Å². The molecule has 0 fully saturated rings. The summed E-state index contributed by atoms with van der Waals surface area (Å²) < 4.78 is 5.94. The van der Waals surface area contributed by atoms with E-state index in [9.17, 15) is 4.79 Å². The number of nitrogens with one attached hydrogen (secondary N) is 1. The van der Waals surface area contributed by atoms with Gasteiger partial charge in [-0.1, -0.05) is 6.07 Å². The van der Waals surface area contributed by atoms with Crippen molar-refractivity contribution < 1.29 is 9.53 Å². The van der Waals surface area contributed by atoms with Gasteiger partial charge in [0.2, 0.25) is 0 Å². The van der Waals surface area contributed by atoms with Crippen LogP contribution in [0.3, 0.4) is 0 Å². The molecule has 5 heteroatoms. The normalized spacial score (nSPS) is 13.0. The summed E-state index contributed by atoms with van der Waals surface area (Å²) in [5.41, 5.74) is 0.445. The zero-order chi connectivity index (χ0) is 13.1. The molecule has 17 heavy (non-hydrogen) atoms. The minimum Gasteiger partial charge on any atom is -0.444 e. The van der Waals surface area contributed by atoms with Crippen LogP contribution in [0.25, 0.3) is 0 Å². The SMILES string of the molecule is C[C@H](NC(=O)OC(C)(C)C)c1ccc(Br)nc1. The van der Waals surface area contributed by atoms with Crippen LogP contribution >= 0.6 is 15.9 Å². The molecule has 1 amide bonds. The first-order valence-electron chi connectivity index (χ1n) is 5.39. The Morgan fingerprint density at radius 2 is 2.12 bits per heavy atom. The van der Waals surface area contributed by atoms with Crippen molar-refractivity contribution in [2.75, 3.05) is 0 Å². The highest BCUT2D eigenvalue weighted by Crippen LogP contribution is 2.15. The van der Waals surface area contributed by atoms with E-state index in [0.717, 1.165) is 10.2 Å². The molecular formula is C12H17BrN2O2. The van der Waals surface area contributed by atoms with Crippen LogP contribution in [0.15, 0.2) is 22.9 Å². The average Bonchev–Trinajstić information content (AvgIpc) is 2.15. The fraction of sp³-hybridized carbons (Fsp3) is 0.500. The first kappa shape index (κ1) is 14.0. The number of amides is 1. The van der Waals surface area contributed by atoms with Gasteiger partial charge in [0.25, 0.3) is 0 Å². The Morgan fingerprint density at radius 3 is 2.59 bits per heavy atom. The lowest BCUT2D eigenvalue weighted by Gasteiger charge is -2.22. The average molecular weight is 301 g/mol. The molecule has 0 aliphatic carbocycles. The lowest BCUT2D eigenvalue weighted by Crippen LogP contribution is -2.34. The third-order valence-electron chi connectivity index (χ3n) is 1.98. The molecule has 1 heterocycles. The molecule has 0 aliphatic heterocycles. The van der Waals surface area contributed by atoms with Crippen LogP contribution in [0, 0.1) is 0 Å². The van der Waals surface area contributed by atoms with Crippen molar-refractivity contribution >= 4 is 22.0 Å². The van der Waals surface area contributed by atoms with Crippen molar-refractivity contribution in [2.45, 2.75) is 39.3 Å². The van der Waals surface area contributed by atoms with Gasteiger partial charge in [0, 0.05) is 6.20 Å². The summed E-state index contributed by atoms with van der Waals surface area (Å²) in [6, 6.07) is 3.60. The fourth-order valence-corrected chi connectivity index (χ4v) is 1.45. The molecule has 4 nitrogen and oxygen atoms in total. The van der Waals surface area contributed by atoms with Gasteiger partial charge in [-0.05, 0) is 55.3 Å². The van der Waals surface area contributed by atoms with Gasteiger partial charge >= 0.3 is 6.09 Å². The summed E-state index contributed by atoms with van der Waals surface area (Å²) >= 11 is 3.26. The Balaban J connectivity index is 2.57. The number of carbonyl (C=O) groups excluding carboxylic acids is 1. The van der Waals surface area contributed by atoms with E-state index >= 15 is 0 Å². The second-order valence-electron chi connectivity index (χ2n) is 4.78. The van der Waals surface area contributed by atoms with Gasteiger partial charge in [-0.3, -0.25) is 0 Å². The van der Waals surface area contributed by atoms with Crippen LogP contribution in [-0.4, -0.2) is 16.7 Å². The van der Waals surface area contributed by atoms with Gasteiger partial charge < -0.3 is 10.1 Å². The summed E-state index contributed by atoms with van der Waals surface area (Å²) in [6.45, 7) is 7.38. The monoisotopic (exact) mass is 300 g/mol. The third kappa shape index (κ3) is 5.17. The summed E-state index contributed by atoms with van der Waals surface area (Å²) in [7, 11) is 0. The number of halogens is 1. The van der Waals surface area contributed by atoms with E-state index in [1.807, 2.05) is 39.8 Å². The zero-order valence-electron chi connectivity index (χ0n) is 10.5. The maximum Gasteiger partial charge on any atom is 0.408 e. The van der Waals surface area contributed by atoms with Gasteiger partial charge in [0.05, 0.1) is 6.04 Å². The Morgan fingerprint density at radius 1 is 1.47 bits per heavy atom. The predicted octanol–water partition coefficient (Wildman–Crippen LogP) is 3.43. The Labute approximate surface area is 110 Å². The van der Waals surface area contributed by atoms with E-state index in [1.54, 1.807) is 6.20 Å². The molecule has 1 N–H and O–H groups in total. The van der Waals surface area contributed by atoms with Crippen LogP contribution in [0.4, 0.5) is 4.79 Å². The molecule has 0 aromatic carbocycles. The first-order chi connectivity index (χ1) is 7.78. The van der Waals surface area contributed by atoms with E-state index < -0.39 is 11.7 Å². The van der Waals surface area contributed by atoms with Crippen LogP contribution in [0.5, 0.6) is 0 Å². The number of rotatable bonds is 2. The van der Waals surface area contributed by atoms with Crippen molar-refractivity contribution in [3.05, 3.63) is 28.5 Å². The van der Waals surface area contributed by atoms with E-state index in [-0.39, 0.29) is 6.04 Å². The Hall–Kier alpha value is -1.10. The molecule has 0 aliphatic rings. The molecule has 1 aromatic rings. The number of alkyl carbamates (subject to hydrolysis) is 1. The Kier molecular flexibility index (Phi) is 4.51. The van der Waals surface area contributed by atoms with E-state index in [2.05, 4.69) is 26.2 Å². The number of aromatic nitrogens is 1.